The largest absolute Gasteiger partial charge is 0.460 e. The van der Waals surface area contributed by atoms with Crippen molar-refractivity contribution in [2.45, 2.75) is 19.8 Å². The molecule has 5 heteroatoms. The van der Waals surface area contributed by atoms with Crippen molar-refractivity contribution in [3.8, 4) is 28.4 Å². The van der Waals surface area contributed by atoms with Crippen molar-refractivity contribution < 1.29 is 18.7 Å². The second kappa shape index (κ2) is 9.92. The number of hydrogen-bond donors (Lipinski definition) is 0. The average Bonchev–Trinajstić information content (AvgIpc) is 2.91. The first-order valence-corrected chi connectivity index (χ1v) is 11.7. The van der Waals surface area contributed by atoms with Crippen LogP contribution in [0.4, 0.5) is 0 Å². The van der Waals surface area contributed by atoms with Crippen LogP contribution in [0.3, 0.4) is 0 Å². The lowest BCUT2D eigenvalue weighted by atomic mass is 10.0. The molecule has 0 N–H and O–H groups in total. The second-order valence-electron chi connectivity index (χ2n) is 8.71. The Bertz CT molecular complexity index is 1580. The topological polar surface area (TPSA) is 65.7 Å². The molecule has 1 aromatic heterocycles. The quantitative estimate of drug-likeness (QED) is 0.187. The third-order valence-electron chi connectivity index (χ3n) is 5.91. The smallest absolute Gasteiger partial charge is 0.343 e. The van der Waals surface area contributed by atoms with Crippen LogP contribution in [0.1, 0.15) is 35.7 Å². The molecule has 5 nitrogen and oxygen atoms in total. The van der Waals surface area contributed by atoms with Crippen molar-refractivity contribution >= 4 is 16.9 Å². The Labute approximate surface area is 208 Å². The summed E-state index contributed by atoms with van der Waals surface area (Å²) in [5, 5.41) is 0.335. The molecular weight excluding hydrogens is 452 g/mol. The Morgan fingerprint density at radius 2 is 1.47 bits per heavy atom. The number of hydrogen-bond acceptors (Lipinski definition) is 5. The Hall–Kier alpha value is -4.64. The number of esters is 1. The van der Waals surface area contributed by atoms with Crippen LogP contribution in [-0.2, 0) is 0 Å². The first kappa shape index (κ1) is 23.1. The molecule has 0 saturated carbocycles. The van der Waals surface area contributed by atoms with E-state index in [1.54, 1.807) is 24.3 Å². The Morgan fingerprint density at radius 1 is 0.778 bits per heavy atom. The summed E-state index contributed by atoms with van der Waals surface area (Å²) in [5.41, 5.74) is 3.49. The second-order valence-corrected chi connectivity index (χ2v) is 8.71. The molecule has 0 aliphatic carbocycles. The van der Waals surface area contributed by atoms with Gasteiger partial charge >= 0.3 is 5.97 Å². The van der Waals surface area contributed by atoms with E-state index in [0.717, 1.165) is 16.7 Å². The van der Waals surface area contributed by atoms with Crippen molar-refractivity contribution in [3.05, 3.63) is 125 Å². The summed E-state index contributed by atoms with van der Waals surface area (Å²) < 4.78 is 17.1. The van der Waals surface area contributed by atoms with Gasteiger partial charge in [0.15, 0.2) is 0 Å². The number of fused-ring (bicyclic) bond motifs is 1. The lowest BCUT2D eigenvalue weighted by Gasteiger charge is -2.13. The van der Waals surface area contributed by atoms with Crippen LogP contribution < -0.4 is 14.9 Å². The van der Waals surface area contributed by atoms with Crippen molar-refractivity contribution in [2.24, 2.45) is 0 Å². The van der Waals surface area contributed by atoms with E-state index < -0.39 is 5.97 Å². The fourth-order valence-electron chi connectivity index (χ4n) is 3.99. The summed E-state index contributed by atoms with van der Waals surface area (Å²) in [5.74, 6) is 0.727. The fourth-order valence-corrected chi connectivity index (χ4v) is 3.99. The third-order valence-corrected chi connectivity index (χ3v) is 5.91. The number of benzene rings is 4. The fraction of sp³-hybridized carbons (Fsp3) is 0.0968. The van der Waals surface area contributed by atoms with Gasteiger partial charge in [-0.3, -0.25) is 4.79 Å². The highest BCUT2D eigenvalue weighted by Crippen LogP contribution is 2.30. The summed E-state index contributed by atoms with van der Waals surface area (Å²) in [4.78, 5) is 25.7. The molecule has 0 spiro atoms. The van der Waals surface area contributed by atoms with Crippen LogP contribution in [0.15, 0.2) is 113 Å². The molecule has 5 aromatic rings. The molecule has 178 valence electrons. The molecule has 1 heterocycles. The zero-order valence-electron chi connectivity index (χ0n) is 19.9. The van der Waals surface area contributed by atoms with Crippen LogP contribution in [-0.4, -0.2) is 5.97 Å². The van der Waals surface area contributed by atoms with E-state index in [9.17, 15) is 9.59 Å². The summed E-state index contributed by atoms with van der Waals surface area (Å²) in [7, 11) is 0. The van der Waals surface area contributed by atoms with Gasteiger partial charge in [0, 0.05) is 6.07 Å². The van der Waals surface area contributed by atoms with Gasteiger partial charge in [-0.25, -0.2) is 4.79 Å². The Balaban J connectivity index is 1.35. The van der Waals surface area contributed by atoms with Gasteiger partial charge in [-0.05, 0) is 52.9 Å². The van der Waals surface area contributed by atoms with Gasteiger partial charge in [0.05, 0.1) is 10.9 Å². The third kappa shape index (κ3) is 4.77. The van der Waals surface area contributed by atoms with E-state index >= 15 is 0 Å². The minimum atomic E-state index is -0.499. The first-order valence-electron chi connectivity index (χ1n) is 11.7. The Kier molecular flexibility index (Phi) is 6.37. The first-order chi connectivity index (χ1) is 17.5. The standard InChI is InChI=1S/C31H24O5/c1-20(2)25-10-6-7-11-27(25)36-29-19-34-28-18-24(16-17-26(28)30(29)32)35-31(33)23-14-12-22(13-15-23)21-8-4-3-5-9-21/h3-20H,1-2H3. The Morgan fingerprint density at radius 3 is 2.22 bits per heavy atom. The highest BCUT2D eigenvalue weighted by Gasteiger charge is 2.15. The van der Waals surface area contributed by atoms with Gasteiger partial charge in [-0.2, -0.15) is 0 Å². The lowest BCUT2D eigenvalue weighted by molar-refractivity contribution is 0.0735. The minimum Gasteiger partial charge on any atom is -0.460 e. The van der Waals surface area contributed by atoms with Gasteiger partial charge in [-0.15, -0.1) is 0 Å². The normalized spacial score (nSPS) is 11.0. The van der Waals surface area contributed by atoms with E-state index in [0.29, 0.717) is 22.3 Å². The van der Waals surface area contributed by atoms with Crippen molar-refractivity contribution in [1.82, 2.24) is 0 Å². The van der Waals surface area contributed by atoms with Gasteiger partial charge in [-0.1, -0.05) is 74.5 Å². The van der Waals surface area contributed by atoms with Gasteiger partial charge in [0.2, 0.25) is 11.2 Å². The summed E-state index contributed by atoms with van der Waals surface area (Å²) in [6.07, 6.45) is 1.29. The summed E-state index contributed by atoms with van der Waals surface area (Å²) >= 11 is 0. The van der Waals surface area contributed by atoms with Crippen molar-refractivity contribution in [2.75, 3.05) is 0 Å². The van der Waals surface area contributed by atoms with E-state index in [2.05, 4.69) is 13.8 Å². The molecule has 0 unspecified atom stereocenters. The maximum Gasteiger partial charge on any atom is 0.343 e. The zero-order chi connectivity index (χ0) is 25.1. The summed E-state index contributed by atoms with van der Waals surface area (Å²) in [6, 6.07) is 29.4. The molecule has 4 aromatic carbocycles. The predicted molar refractivity (Wildman–Crippen MR) is 140 cm³/mol. The number of ether oxygens (including phenoxy) is 2. The zero-order valence-corrected chi connectivity index (χ0v) is 19.9. The average molecular weight is 477 g/mol. The number of para-hydroxylation sites is 1. The van der Waals surface area contributed by atoms with Crippen LogP contribution >= 0.6 is 0 Å². The van der Waals surface area contributed by atoms with Crippen molar-refractivity contribution in [3.63, 3.8) is 0 Å². The molecule has 0 fully saturated rings. The molecule has 0 aliphatic rings. The van der Waals surface area contributed by atoms with Crippen molar-refractivity contribution in [1.29, 1.82) is 0 Å². The molecule has 36 heavy (non-hydrogen) atoms. The van der Waals surface area contributed by atoms with Crippen LogP contribution in [0.2, 0.25) is 0 Å². The summed E-state index contributed by atoms with van der Waals surface area (Å²) in [6.45, 7) is 4.12. The van der Waals surface area contributed by atoms with E-state index in [-0.39, 0.29) is 22.8 Å². The number of rotatable bonds is 6. The van der Waals surface area contributed by atoms with Gasteiger partial charge in [0.1, 0.15) is 23.3 Å². The van der Waals surface area contributed by atoms with Crippen LogP contribution in [0.5, 0.6) is 17.2 Å². The monoisotopic (exact) mass is 476 g/mol. The maximum atomic E-state index is 13.0. The van der Waals surface area contributed by atoms with E-state index in [4.69, 9.17) is 13.9 Å². The molecule has 0 radical (unpaired) electrons. The molecule has 0 amide bonds. The molecular formula is C31H24O5. The van der Waals surface area contributed by atoms with Gasteiger partial charge < -0.3 is 13.9 Å². The molecule has 5 rings (SSSR count). The predicted octanol–water partition coefficient (Wildman–Crippen LogP) is 7.59. The molecule has 0 bridgehead atoms. The van der Waals surface area contributed by atoms with Crippen LogP contribution in [0, 0.1) is 0 Å². The SMILES string of the molecule is CC(C)c1ccccc1Oc1coc2cc(OC(=O)c3ccc(-c4ccccc4)cc3)ccc2c1=O. The van der Waals surface area contributed by atoms with Crippen LogP contribution in [0.25, 0.3) is 22.1 Å². The van der Waals surface area contributed by atoms with E-state index in [1.165, 1.54) is 12.3 Å². The number of carbonyl (C=O) groups is 1. The maximum absolute atomic E-state index is 13.0. The molecule has 0 atom stereocenters. The molecule has 0 saturated heterocycles. The lowest BCUT2D eigenvalue weighted by Crippen LogP contribution is -2.09. The van der Waals surface area contributed by atoms with Gasteiger partial charge in [0.25, 0.3) is 0 Å². The highest BCUT2D eigenvalue weighted by atomic mass is 16.5. The minimum absolute atomic E-state index is 0.0962. The number of carbonyl (C=O) groups excluding carboxylic acids is 1. The molecule has 0 aliphatic heterocycles. The van der Waals surface area contributed by atoms with E-state index in [1.807, 2.05) is 66.7 Å². The highest BCUT2D eigenvalue weighted by molar-refractivity contribution is 5.92.